The second-order valence-corrected chi connectivity index (χ2v) is 4.96. The molecule has 1 N–H and O–H groups in total. The van der Waals surface area contributed by atoms with Crippen LogP contribution in [0.3, 0.4) is 0 Å². The van der Waals surface area contributed by atoms with Crippen LogP contribution >= 0.6 is 15.9 Å². The van der Waals surface area contributed by atoms with Crippen molar-refractivity contribution in [1.29, 1.82) is 0 Å². The maximum absolute atomic E-state index is 6.02. The SMILES string of the molecule is CC1Nc2cccc(Br)c2OC1c1ccco1. The van der Waals surface area contributed by atoms with Crippen LogP contribution in [0.4, 0.5) is 5.69 Å². The summed E-state index contributed by atoms with van der Waals surface area (Å²) in [4.78, 5) is 0. The molecule has 88 valence electrons. The molecule has 17 heavy (non-hydrogen) atoms. The lowest BCUT2D eigenvalue weighted by Gasteiger charge is -2.32. The number of fused-ring (bicyclic) bond motifs is 1. The lowest BCUT2D eigenvalue weighted by atomic mass is 10.1. The highest BCUT2D eigenvalue weighted by molar-refractivity contribution is 9.10. The standard InChI is InChI=1S/C13H12BrNO2/c1-8-12(11-6-3-7-16-11)17-13-9(14)4-2-5-10(13)15-8/h2-8,12,15H,1H3. The topological polar surface area (TPSA) is 34.4 Å². The molecule has 1 aromatic carbocycles. The molecular formula is C13H12BrNO2. The molecular weight excluding hydrogens is 282 g/mol. The Labute approximate surface area is 108 Å². The van der Waals surface area contributed by atoms with Crippen molar-refractivity contribution < 1.29 is 9.15 Å². The van der Waals surface area contributed by atoms with Crippen LogP contribution in [-0.4, -0.2) is 6.04 Å². The molecule has 1 aliphatic rings. The molecule has 2 unspecified atom stereocenters. The van der Waals surface area contributed by atoms with Gasteiger partial charge in [0.1, 0.15) is 5.76 Å². The molecule has 0 saturated carbocycles. The Hall–Kier alpha value is -1.42. The molecule has 0 amide bonds. The molecule has 1 aliphatic heterocycles. The third kappa shape index (κ3) is 1.82. The maximum Gasteiger partial charge on any atom is 0.176 e. The van der Waals surface area contributed by atoms with Crippen molar-refractivity contribution in [2.24, 2.45) is 0 Å². The van der Waals surface area contributed by atoms with Crippen LogP contribution in [0.25, 0.3) is 0 Å². The van der Waals surface area contributed by atoms with Gasteiger partial charge in [0.05, 0.1) is 22.5 Å². The van der Waals surface area contributed by atoms with Crippen molar-refractivity contribution >= 4 is 21.6 Å². The lowest BCUT2D eigenvalue weighted by molar-refractivity contribution is 0.149. The second kappa shape index (κ2) is 4.11. The van der Waals surface area contributed by atoms with Crippen molar-refractivity contribution in [3.8, 4) is 5.75 Å². The maximum atomic E-state index is 6.02. The van der Waals surface area contributed by atoms with Crippen LogP contribution in [0.15, 0.2) is 45.5 Å². The summed E-state index contributed by atoms with van der Waals surface area (Å²) in [5, 5.41) is 3.42. The minimum atomic E-state index is -0.101. The molecule has 3 rings (SSSR count). The average molecular weight is 294 g/mol. The summed E-state index contributed by atoms with van der Waals surface area (Å²) in [7, 11) is 0. The number of para-hydroxylation sites is 1. The van der Waals surface area contributed by atoms with Gasteiger partial charge in [-0.25, -0.2) is 0 Å². The highest BCUT2D eigenvalue weighted by atomic mass is 79.9. The van der Waals surface area contributed by atoms with Crippen LogP contribution in [0, 0.1) is 0 Å². The van der Waals surface area contributed by atoms with Crippen molar-refractivity contribution in [1.82, 2.24) is 0 Å². The van der Waals surface area contributed by atoms with E-state index in [4.69, 9.17) is 9.15 Å². The number of nitrogens with one attached hydrogen (secondary N) is 1. The number of ether oxygens (including phenoxy) is 1. The molecule has 0 spiro atoms. The Morgan fingerprint density at radius 1 is 1.24 bits per heavy atom. The number of rotatable bonds is 1. The number of hydrogen-bond donors (Lipinski definition) is 1. The Morgan fingerprint density at radius 2 is 2.12 bits per heavy atom. The zero-order valence-corrected chi connectivity index (χ0v) is 10.9. The summed E-state index contributed by atoms with van der Waals surface area (Å²) >= 11 is 3.50. The molecule has 0 saturated heterocycles. The normalized spacial score (nSPS) is 22.5. The summed E-state index contributed by atoms with van der Waals surface area (Å²) in [6, 6.07) is 9.94. The number of benzene rings is 1. The first-order valence-corrected chi connectivity index (χ1v) is 6.30. The van der Waals surface area contributed by atoms with Gasteiger partial charge in [-0.05, 0) is 47.1 Å². The van der Waals surface area contributed by atoms with Crippen LogP contribution in [-0.2, 0) is 0 Å². The molecule has 2 aromatic rings. The van der Waals surface area contributed by atoms with Gasteiger partial charge in [-0.15, -0.1) is 0 Å². The molecule has 1 aromatic heterocycles. The van der Waals surface area contributed by atoms with E-state index in [9.17, 15) is 0 Å². The van der Waals surface area contributed by atoms with Crippen molar-refractivity contribution in [2.75, 3.05) is 5.32 Å². The van der Waals surface area contributed by atoms with E-state index in [-0.39, 0.29) is 12.1 Å². The number of hydrogen-bond acceptors (Lipinski definition) is 3. The summed E-state index contributed by atoms with van der Waals surface area (Å²) < 4.78 is 12.4. The van der Waals surface area contributed by atoms with Crippen molar-refractivity contribution in [2.45, 2.75) is 19.1 Å². The quantitative estimate of drug-likeness (QED) is 0.864. The average Bonchev–Trinajstić information content (AvgIpc) is 2.82. The third-order valence-corrected chi connectivity index (χ3v) is 3.50. The highest BCUT2D eigenvalue weighted by Gasteiger charge is 2.30. The number of anilines is 1. The fraction of sp³-hybridized carbons (Fsp3) is 0.231. The number of furan rings is 1. The Balaban J connectivity index is 2.00. The van der Waals surface area contributed by atoms with Crippen molar-refractivity contribution in [3.05, 3.63) is 46.8 Å². The first-order valence-electron chi connectivity index (χ1n) is 5.51. The summed E-state index contributed by atoms with van der Waals surface area (Å²) in [5.41, 5.74) is 1.01. The van der Waals surface area contributed by atoms with Crippen LogP contribution < -0.4 is 10.1 Å². The van der Waals surface area contributed by atoms with Gasteiger partial charge >= 0.3 is 0 Å². The third-order valence-electron chi connectivity index (χ3n) is 2.87. The summed E-state index contributed by atoms with van der Waals surface area (Å²) in [5.74, 6) is 1.68. The highest BCUT2D eigenvalue weighted by Crippen LogP contribution is 2.41. The fourth-order valence-electron chi connectivity index (χ4n) is 2.05. The Bertz CT molecular complexity index is 524. The largest absolute Gasteiger partial charge is 0.477 e. The van der Waals surface area contributed by atoms with Gasteiger partial charge in [-0.2, -0.15) is 0 Å². The van der Waals surface area contributed by atoms with E-state index in [1.54, 1.807) is 6.26 Å². The molecule has 3 nitrogen and oxygen atoms in total. The first-order chi connectivity index (χ1) is 8.25. The van der Waals surface area contributed by atoms with E-state index in [1.807, 2.05) is 30.3 Å². The fourth-order valence-corrected chi connectivity index (χ4v) is 2.51. The van der Waals surface area contributed by atoms with Gasteiger partial charge in [-0.3, -0.25) is 0 Å². The molecule has 0 bridgehead atoms. The lowest BCUT2D eigenvalue weighted by Crippen LogP contribution is -2.32. The van der Waals surface area contributed by atoms with E-state index in [0.29, 0.717) is 0 Å². The Morgan fingerprint density at radius 3 is 2.88 bits per heavy atom. The number of halogens is 1. The van der Waals surface area contributed by atoms with Gasteiger partial charge < -0.3 is 14.5 Å². The van der Waals surface area contributed by atoms with Gasteiger partial charge in [0, 0.05) is 0 Å². The predicted octanol–water partition coefficient (Wildman–Crippen LogP) is 3.98. The molecule has 0 aliphatic carbocycles. The Kier molecular flexibility index (Phi) is 2.59. The molecule has 2 atom stereocenters. The summed E-state index contributed by atoms with van der Waals surface area (Å²) in [6.07, 6.45) is 1.57. The monoisotopic (exact) mass is 293 g/mol. The van der Waals surface area contributed by atoms with Gasteiger partial charge in [0.25, 0.3) is 0 Å². The second-order valence-electron chi connectivity index (χ2n) is 4.10. The van der Waals surface area contributed by atoms with E-state index >= 15 is 0 Å². The van der Waals surface area contributed by atoms with E-state index < -0.39 is 0 Å². The van der Waals surface area contributed by atoms with Crippen molar-refractivity contribution in [3.63, 3.8) is 0 Å². The minimum Gasteiger partial charge on any atom is -0.477 e. The van der Waals surface area contributed by atoms with E-state index in [1.165, 1.54) is 0 Å². The van der Waals surface area contributed by atoms with Crippen LogP contribution in [0.1, 0.15) is 18.8 Å². The van der Waals surface area contributed by atoms with Gasteiger partial charge in [0.15, 0.2) is 11.9 Å². The molecule has 0 radical (unpaired) electrons. The molecule has 0 fully saturated rings. The zero-order chi connectivity index (χ0) is 11.8. The van der Waals surface area contributed by atoms with Crippen LogP contribution in [0.2, 0.25) is 0 Å². The smallest absolute Gasteiger partial charge is 0.176 e. The predicted molar refractivity (Wildman–Crippen MR) is 69.3 cm³/mol. The molecule has 4 heteroatoms. The molecule has 2 heterocycles. The van der Waals surface area contributed by atoms with Gasteiger partial charge in [0.2, 0.25) is 0 Å². The first kappa shape index (κ1) is 10.7. The van der Waals surface area contributed by atoms with Crippen LogP contribution in [0.5, 0.6) is 5.75 Å². The van der Waals surface area contributed by atoms with Gasteiger partial charge in [-0.1, -0.05) is 6.07 Å². The van der Waals surface area contributed by atoms with E-state index in [0.717, 1.165) is 21.7 Å². The summed E-state index contributed by atoms with van der Waals surface area (Å²) in [6.45, 7) is 2.08. The zero-order valence-electron chi connectivity index (χ0n) is 9.31. The minimum absolute atomic E-state index is 0.101. The van der Waals surface area contributed by atoms with E-state index in [2.05, 4.69) is 28.2 Å².